The molecule has 1 unspecified atom stereocenters. The second-order valence-electron chi connectivity index (χ2n) is 4.94. The summed E-state index contributed by atoms with van der Waals surface area (Å²) < 4.78 is 14.0. The molecular weight excluding hydrogens is 239 g/mol. The maximum absolute atomic E-state index is 14.0. The molecule has 100 valence electrons. The minimum Gasteiger partial charge on any atom is -0.324 e. The van der Waals surface area contributed by atoms with Gasteiger partial charge in [-0.15, -0.1) is 0 Å². The Balaban J connectivity index is 2.10. The van der Waals surface area contributed by atoms with Crippen LogP contribution >= 0.6 is 0 Å². The second-order valence-corrected chi connectivity index (χ2v) is 4.94. The van der Waals surface area contributed by atoms with Crippen molar-refractivity contribution in [3.8, 4) is 0 Å². The summed E-state index contributed by atoms with van der Waals surface area (Å²) in [5, 5.41) is 0. The van der Waals surface area contributed by atoms with Crippen molar-refractivity contribution >= 4 is 0 Å². The van der Waals surface area contributed by atoms with Gasteiger partial charge >= 0.3 is 0 Å². The largest absolute Gasteiger partial charge is 0.324 e. The van der Waals surface area contributed by atoms with E-state index in [9.17, 15) is 4.39 Å². The third-order valence-electron chi connectivity index (χ3n) is 3.29. The number of rotatable bonds is 4. The molecule has 0 saturated heterocycles. The van der Waals surface area contributed by atoms with Gasteiger partial charge in [0.25, 0.3) is 0 Å². The zero-order chi connectivity index (χ0) is 13.8. The normalized spacial score (nSPS) is 12.4. The van der Waals surface area contributed by atoms with Crippen LogP contribution in [0.15, 0.2) is 36.5 Å². The summed E-state index contributed by atoms with van der Waals surface area (Å²) in [5.41, 5.74) is 9.59. The van der Waals surface area contributed by atoms with Crippen molar-refractivity contribution < 1.29 is 4.39 Å². The van der Waals surface area contributed by atoms with Crippen LogP contribution in [0.4, 0.5) is 4.39 Å². The van der Waals surface area contributed by atoms with E-state index in [2.05, 4.69) is 4.98 Å². The lowest BCUT2D eigenvalue weighted by Crippen LogP contribution is -2.15. The van der Waals surface area contributed by atoms with Crippen LogP contribution in [0.3, 0.4) is 0 Å². The Labute approximate surface area is 113 Å². The standard InChI is InChI=1S/C16H19FN2/c1-11-9-12(2)16(14(17)10-11)15(18)7-6-13-5-3-4-8-19-13/h3-5,8-10,15H,6-7,18H2,1-2H3. The molecule has 0 fully saturated rings. The molecule has 2 N–H and O–H groups in total. The van der Waals surface area contributed by atoms with E-state index in [1.807, 2.05) is 38.1 Å². The SMILES string of the molecule is Cc1cc(C)c(C(N)CCc2ccccn2)c(F)c1. The number of benzene rings is 1. The minimum absolute atomic E-state index is 0.203. The average molecular weight is 258 g/mol. The fourth-order valence-electron chi connectivity index (χ4n) is 2.39. The topological polar surface area (TPSA) is 38.9 Å². The highest BCUT2D eigenvalue weighted by Gasteiger charge is 2.15. The summed E-state index contributed by atoms with van der Waals surface area (Å²) in [5.74, 6) is -0.203. The van der Waals surface area contributed by atoms with Crippen LogP contribution in [0.5, 0.6) is 0 Å². The lowest BCUT2D eigenvalue weighted by atomic mass is 9.95. The number of hydrogen-bond acceptors (Lipinski definition) is 2. The monoisotopic (exact) mass is 258 g/mol. The molecule has 1 aromatic heterocycles. The van der Waals surface area contributed by atoms with Crippen molar-refractivity contribution in [2.45, 2.75) is 32.7 Å². The zero-order valence-electron chi connectivity index (χ0n) is 11.4. The van der Waals surface area contributed by atoms with E-state index >= 15 is 0 Å². The molecule has 0 aliphatic carbocycles. The molecule has 1 aromatic carbocycles. The molecule has 19 heavy (non-hydrogen) atoms. The predicted octanol–water partition coefficient (Wildman–Crippen LogP) is 3.47. The number of aromatic nitrogens is 1. The number of halogens is 1. The highest BCUT2D eigenvalue weighted by molar-refractivity contribution is 5.34. The highest BCUT2D eigenvalue weighted by Crippen LogP contribution is 2.24. The summed E-state index contributed by atoms with van der Waals surface area (Å²) in [6.07, 6.45) is 3.21. The lowest BCUT2D eigenvalue weighted by Gasteiger charge is -2.16. The van der Waals surface area contributed by atoms with Gasteiger partial charge in [-0.05, 0) is 56.0 Å². The smallest absolute Gasteiger partial charge is 0.128 e. The van der Waals surface area contributed by atoms with Crippen molar-refractivity contribution in [1.29, 1.82) is 0 Å². The van der Waals surface area contributed by atoms with Gasteiger partial charge in [0.1, 0.15) is 5.82 Å². The number of pyridine rings is 1. The summed E-state index contributed by atoms with van der Waals surface area (Å²) in [4.78, 5) is 4.25. The maximum Gasteiger partial charge on any atom is 0.128 e. The molecule has 1 atom stereocenters. The van der Waals surface area contributed by atoms with Gasteiger partial charge in [-0.3, -0.25) is 4.98 Å². The average Bonchev–Trinajstić information content (AvgIpc) is 2.36. The number of aryl methyl sites for hydroxylation is 3. The first-order valence-corrected chi connectivity index (χ1v) is 6.50. The number of nitrogens with two attached hydrogens (primary N) is 1. The highest BCUT2D eigenvalue weighted by atomic mass is 19.1. The quantitative estimate of drug-likeness (QED) is 0.912. The molecule has 0 amide bonds. The van der Waals surface area contributed by atoms with Crippen molar-refractivity contribution in [2.75, 3.05) is 0 Å². The first kappa shape index (κ1) is 13.7. The fraction of sp³-hybridized carbons (Fsp3) is 0.312. The van der Waals surface area contributed by atoms with Crippen LogP contribution < -0.4 is 5.73 Å². The van der Waals surface area contributed by atoms with Crippen molar-refractivity contribution in [3.63, 3.8) is 0 Å². The van der Waals surface area contributed by atoms with Crippen LogP contribution in [0.25, 0.3) is 0 Å². The first-order chi connectivity index (χ1) is 9.08. The second kappa shape index (κ2) is 5.93. The summed E-state index contributed by atoms with van der Waals surface area (Å²) in [6, 6.07) is 9.02. The van der Waals surface area contributed by atoms with Gasteiger partial charge in [0, 0.05) is 23.5 Å². The lowest BCUT2D eigenvalue weighted by molar-refractivity contribution is 0.558. The molecule has 0 saturated carbocycles. The van der Waals surface area contributed by atoms with Gasteiger partial charge in [0.05, 0.1) is 0 Å². The van der Waals surface area contributed by atoms with Crippen LogP contribution in [-0.2, 0) is 6.42 Å². The van der Waals surface area contributed by atoms with Crippen molar-refractivity contribution in [3.05, 3.63) is 64.7 Å². The fourth-order valence-corrected chi connectivity index (χ4v) is 2.39. The zero-order valence-corrected chi connectivity index (χ0v) is 11.4. The molecule has 2 rings (SSSR count). The van der Waals surface area contributed by atoms with E-state index in [-0.39, 0.29) is 11.9 Å². The molecule has 0 aliphatic heterocycles. The van der Waals surface area contributed by atoms with Gasteiger partial charge in [-0.25, -0.2) is 4.39 Å². The van der Waals surface area contributed by atoms with Crippen molar-refractivity contribution in [2.24, 2.45) is 5.73 Å². The Morgan fingerprint density at radius 3 is 2.68 bits per heavy atom. The van der Waals surface area contributed by atoms with Gasteiger partial charge in [-0.2, -0.15) is 0 Å². The van der Waals surface area contributed by atoms with E-state index in [0.29, 0.717) is 12.0 Å². The van der Waals surface area contributed by atoms with Gasteiger partial charge < -0.3 is 5.73 Å². The Bertz CT molecular complexity index is 529. The Morgan fingerprint density at radius 2 is 2.05 bits per heavy atom. The molecule has 0 radical (unpaired) electrons. The first-order valence-electron chi connectivity index (χ1n) is 6.50. The molecule has 0 spiro atoms. The summed E-state index contributed by atoms with van der Waals surface area (Å²) in [6.45, 7) is 3.80. The van der Waals surface area contributed by atoms with Crippen LogP contribution in [-0.4, -0.2) is 4.98 Å². The number of nitrogens with zero attached hydrogens (tertiary/aromatic N) is 1. The minimum atomic E-state index is -0.289. The van der Waals surface area contributed by atoms with E-state index < -0.39 is 0 Å². The Kier molecular flexibility index (Phi) is 4.27. The van der Waals surface area contributed by atoms with Gasteiger partial charge in [-0.1, -0.05) is 12.1 Å². The van der Waals surface area contributed by atoms with Crippen molar-refractivity contribution in [1.82, 2.24) is 4.98 Å². The molecule has 0 bridgehead atoms. The Hall–Kier alpha value is -1.74. The molecule has 0 aliphatic rings. The number of hydrogen-bond donors (Lipinski definition) is 1. The van der Waals surface area contributed by atoms with E-state index in [0.717, 1.165) is 23.2 Å². The summed E-state index contributed by atoms with van der Waals surface area (Å²) in [7, 11) is 0. The van der Waals surface area contributed by atoms with E-state index in [1.165, 1.54) is 0 Å². The molecule has 1 heterocycles. The van der Waals surface area contributed by atoms with E-state index in [1.54, 1.807) is 12.3 Å². The van der Waals surface area contributed by atoms with E-state index in [4.69, 9.17) is 5.73 Å². The predicted molar refractivity (Wildman–Crippen MR) is 75.4 cm³/mol. The maximum atomic E-state index is 14.0. The van der Waals surface area contributed by atoms with Crippen LogP contribution in [0.1, 0.15) is 34.8 Å². The van der Waals surface area contributed by atoms with Crippen LogP contribution in [0.2, 0.25) is 0 Å². The third kappa shape index (κ3) is 3.38. The Morgan fingerprint density at radius 1 is 1.26 bits per heavy atom. The molecule has 3 heteroatoms. The summed E-state index contributed by atoms with van der Waals surface area (Å²) >= 11 is 0. The molecular formula is C16H19FN2. The van der Waals surface area contributed by atoms with Gasteiger partial charge in [0.2, 0.25) is 0 Å². The molecule has 2 nitrogen and oxygen atoms in total. The molecule has 2 aromatic rings. The van der Waals surface area contributed by atoms with Crippen LogP contribution in [0, 0.1) is 19.7 Å². The third-order valence-corrected chi connectivity index (χ3v) is 3.29. The van der Waals surface area contributed by atoms with Gasteiger partial charge in [0.15, 0.2) is 0 Å².